The second-order valence-electron chi connectivity index (χ2n) is 3.54. The number of nitriles is 1. The number of benzene rings is 1. The van der Waals surface area contributed by atoms with Crippen LogP contribution in [0.25, 0.3) is 0 Å². The number of nitrogens with zero attached hydrogens (tertiary/aromatic N) is 2. The summed E-state index contributed by atoms with van der Waals surface area (Å²) in [6.07, 6.45) is 1.32. The summed E-state index contributed by atoms with van der Waals surface area (Å²) in [6.45, 7) is 0. The molecule has 1 aromatic heterocycles. The number of aromatic nitrogens is 1. The van der Waals surface area contributed by atoms with Gasteiger partial charge in [-0.3, -0.25) is 0 Å². The molecule has 2 aromatic rings. The monoisotopic (exact) mass is 258 g/mol. The number of carboxylic acid groups (broad SMARTS) is 1. The Hall–Kier alpha value is -2.94. The van der Waals surface area contributed by atoms with Gasteiger partial charge in [0.15, 0.2) is 0 Å². The summed E-state index contributed by atoms with van der Waals surface area (Å²) in [5.74, 6) is -1.76. The summed E-state index contributed by atoms with van der Waals surface area (Å²) in [6, 6.07) is 8.25. The topological polar surface area (TPSA) is 83.2 Å². The lowest BCUT2D eigenvalue weighted by molar-refractivity contribution is 0.0692. The second kappa shape index (κ2) is 5.14. The lowest BCUT2D eigenvalue weighted by Gasteiger charge is -2.06. The minimum absolute atomic E-state index is 0.147. The summed E-state index contributed by atoms with van der Waals surface area (Å²) in [7, 11) is 0. The van der Waals surface area contributed by atoms with E-state index >= 15 is 0 Å². The largest absolute Gasteiger partial charge is 0.478 e. The third-order valence-electron chi connectivity index (χ3n) is 2.26. The highest BCUT2D eigenvalue weighted by Gasteiger charge is 2.11. The predicted octanol–water partition coefficient (Wildman–Crippen LogP) is 2.58. The molecule has 0 atom stereocenters. The fourth-order valence-electron chi connectivity index (χ4n) is 1.38. The van der Waals surface area contributed by atoms with Crippen molar-refractivity contribution in [3.63, 3.8) is 0 Å². The average molecular weight is 258 g/mol. The fraction of sp³-hybridized carbons (Fsp3) is 0. The Morgan fingerprint density at radius 2 is 2.05 bits per heavy atom. The van der Waals surface area contributed by atoms with Crippen LogP contribution in [0, 0.1) is 17.1 Å². The maximum Gasteiger partial charge on any atom is 0.338 e. The molecule has 1 N–H and O–H groups in total. The van der Waals surface area contributed by atoms with Gasteiger partial charge in [0.05, 0.1) is 11.8 Å². The maximum atomic E-state index is 13.4. The van der Waals surface area contributed by atoms with Crippen LogP contribution in [0.15, 0.2) is 36.5 Å². The van der Waals surface area contributed by atoms with Crippen LogP contribution in [0.3, 0.4) is 0 Å². The van der Waals surface area contributed by atoms with E-state index in [1.807, 2.05) is 6.07 Å². The van der Waals surface area contributed by atoms with Gasteiger partial charge < -0.3 is 9.84 Å². The zero-order valence-corrected chi connectivity index (χ0v) is 9.50. The Bertz CT molecular complexity index is 663. The van der Waals surface area contributed by atoms with E-state index in [0.717, 1.165) is 12.1 Å². The molecular formula is C13H7FN2O3. The first kappa shape index (κ1) is 12.5. The first-order valence-electron chi connectivity index (χ1n) is 5.17. The number of halogens is 1. The molecule has 0 fully saturated rings. The van der Waals surface area contributed by atoms with Crippen molar-refractivity contribution < 1.29 is 19.0 Å². The van der Waals surface area contributed by atoms with E-state index in [4.69, 9.17) is 15.1 Å². The van der Waals surface area contributed by atoms with Crippen LogP contribution < -0.4 is 4.74 Å². The van der Waals surface area contributed by atoms with Gasteiger partial charge in [-0.25, -0.2) is 14.2 Å². The van der Waals surface area contributed by atoms with Crippen molar-refractivity contribution in [3.05, 3.63) is 53.6 Å². The molecule has 0 aliphatic carbocycles. The fourth-order valence-corrected chi connectivity index (χ4v) is 1.38. The first-order valence-corrected chi connectivity index (χ1v) is 5.17. The van der Waals surface area contributed by atoms with Gasteiger partial charge in [-0.05, 0) is 24.3 Å². The van der Waals surface area contributed by atoms with E-state index in [1.165, 1.54) is 24.4 Å². The molecular weight excluding hydrogens is 251 g/mol. The molecule has 19 heavy (non-hydrogen) atoms. The Morgan fingerprint density at radius 3 is 2.58 bits per heavy atom. The Kier molecular flexibility index (Phi) is 3.39. The van der Waals surface area contributed by atoms with Gasteiger partial charge in [0.2, 0.25) is 0 Å². The summed E-state index contributed by atoms with van der Waals surface area (Å²) >= 11 is 0. The third kappa shape index (κ3) is 2.84. The normalized spacial score (nSPS) is 9.68. The number of hydrogen-bond acceptors (Lipinski definition) is 4. The first-order chi connectivity index (χ1) is 9.10. The quantitative estimate of drug-likeness (QED) is 0.914. The number of carbonyl (C=O) groups is 1. The number of ether oxygens (including phenoxy) is 1. The maximum absolute atomic E-state index is 13.4. The summed E-state index contributed by atoms with van der Waals surface area (Å²) in [5.41, 5.74) is -0.190. The van der Waals surface area contributed by atoms with Crippen LogP contribution in [-0.2, 0) is 0 Å². The Morgan fingerprint density at radius 1 is 1.32 bits per heavy atom. The minimum Gasteiger partial charge on any atom is -0.478 e. The SMILES string of the molecule is N#Cc1ccc(Oc2ccc(C(=O)O)c(F)c2)cn1. The molecule has 0 saturated heterocycles. The number of pyridine rings is 1. The third-order valence-corrected chi connectivity index (χ3v) is 2.26. The Labute approximate surface area is 107 Å². The van der Waals surface area contributed by atoms with E-state index in [2.05, 4.69) is 4.98 Å². The van der Waals surface area contributed by atoms with Crippen molar-refractivity contribution in [2.75, 3.05) is 0 Å². The summed E-state index contributed by atoms with van der Waals surface area (Å²) in [4.78, 5) is 14.4. The molecule has 2 rings (SSSR count). The molecule has 1 heterocycles. The number of carboxylic acids is 1. The van der Waals surface area contributed by atoms with Crippen LogP contribution in [0.5, 0.6) is 11.5 Å². The predicted molar refractivity (Wildman–Crippen MR) is 62.4 cm³/mol. The smallest absolute Gasteiger partial charge is 0.338 e. The molecule has 0 spiro atoms. The van der Waals surface area contributed by atoms with Crippen LogP contribution in [0.2, 0.25) is 0 Å². The van der Waals surface area contributed by atoms with Crippen molar-refractivity contribution >= 4 is 5.97 Å². The van der Waals surface area contributed by atoms with Gasteiger partial charge >= 0.3 is 5.97 Å². The van der Waals surface area contributed by atoms with Crippen LogP contribution in [0.4, 0.5) is 4.39 Å². The van der Waals surface area contributed by atoms with Gasteiger partial charge in [-0.15, -0.1) is 0 Å². The van der Waals surface area contributed by atoms with E-state index < -0.39 is 17.3 Å². The van der Waals surface area contributed by atoms with Gasteiger partial charge in [0.25, 0.3) is 0 Å². The van der Waals surface area contributed by atoms with Gasteiger partial charge in [-0.1, -0.05) is 0 Å². The van der Waals surface area contributed by atoms with Gasteiger partial charge in [0.1, 0.15) is 29.1 Å². The van der Waals surface area contributed by atoms with Crippen LogP contribution in [-0.4, -0.2) is 16.1 Å². The lowest BCUT2D eigenvalue weighted by atomic mass is 10.2. The van der Waals surface area contributed by atoms with E-state index in [1.54, 1.807) is 0 Å². The number of aromatic carboxylic acids is 1. The van der Waals surface area contributed by atoms with Crippen molar-refractivity contribution in [3.8, 4) is 17.6 Å². The van der Waals surface area contributed by atoms with Gasteiger partial charge in [0, 0.05) is 6.07 Å². The molecule has 6 heteroatoms. The zero-order chi connectivity index (χ0) is 13.8. The van der Waals surface area contributed by atoms with E-state index in [-0.39, 0.29) is 11.4 Å². The molecule has 94 valence electrons. The molecule has 0 aliphatic heterocycles. The standard InChI is InChI=1S/C13H7FN2O3/c14-12-5-9(3-4-11(12)13(17)18)19-10-2-1-8(6-15)16-7-10/h1-5,7H,(H,17,18). The molecule has 0 aliphatic rings. The highest BCUT2D eigenvalue weighted by atomic mass is 19.1. The number of rotatable bonds is 3. The van der Waals surface area contributed by atoms with Crippen molar-refractivity contribution in [1.82, 2.24) is 4.98 Å². The number of hydrogen-bond donors (Lipinski definition) is 1. The highest BCUT2D eigenvalue weighted by Crippen LogP contribution is 2.23. The lowest BCUT2D eigenvalue weighted by Crippen LogP contribution is -2.00. The van der Waals surface area contributed by atoms with Crippen molar-refractivity contribution in [2.45, 2.75) is 0 Å². The van der Waals surface area contributed by atoms with Crippen molar-refractivity contribution in [1.29, 1.82) is 5.26 Å². The zero-order valence-electron chi connectivity index (χ0n) is 9.50. The molecule has 1 aromatic carbocycles. The molecule has 0 saturated carbocycles. The summed E-state index contributed by atoms with van der Waals surface area (Å²) in [5, 5.41) is 17.3. The molecule has 0 amide bonds. The average Bonchev–Trinajstić information content (AvgIpc) is 2.39. The van der Waals surface area contributed by atoms with Crippen LogP contribution >= 0.6 is 0 Å². The molecule has 0 unspecified atom stereocenters. The molecule has 5 nitrogen and oxygen atoms in total. The summed E-state index contributed by atoms with van der Waals surface area (Å²) < 4.78 is 18.7. The van der Waals surface area contributed by atoms with Crippen LogP contribution in [0.1, 0.15) is 16.1 Å². The van der Waals surface area contributed by atoms with E-state index in [0.29, 0.717) is 5.75 Å². The highest BCUT2D eigenvalue weighted by molar-refractivity contribution is 5.88. The minimum atomic E-state index is -1.34. The van der Waals surface area contributed by atoms with Gasteiger partial charge in [-0.2, -0.15) is 5.26 Å². The Balaban J connectivity index is 2.21. The van der Waals surface area contributed by atoms with Crippen molar-refractivity contribution in [2.24, 2.45) is 0 Å². The second-order valence-corrected chi connectivity index (χ2v) is 3.54. The molecule has 0 radical (unpaired) electrons. The van der Waals surface area contributed by atoms with E-state index in [9.17, 15) is 9.18 Å². The molecule has 0 bridgehead atoms.